The maximum Gasteiger partial charge on any atom is 0.242 e. The van der Waals surface area contributed by atoms with Gasteiger partial charge in [-0.15, -0.1) is 0 Å². The zero-order valence-corrected chi connectivity index (χ0v) is 23.5. The average molecular weight is 548 g/mol. The molecule has 5 rings (SSSR count). The van der Waals surface area contributed by atoms with Gasteiger partial charge in [0.1, 0.15) is 6.04 Å². The summed E-state index contributed by atoms with van der Waals surface area (Å²) in [6, 6.07) is 25.5. The molecule has 1 saturated heterocycles. The van der Waals surface area contributed by atoms with Crippen molar-refractivity contribution >= 4 is 21.6 Å². The lowest BCUT2D eigenvalue weighted by molar-refractivity contribution is -0.136. The zero-order valence-electron chi connectivity index (χ0n) is 22.7. The Hall–Kier alpha value is -3.20. The Balaban J connectivity index is 1.27. The first-order valence-electron chi connectivity index (χ1n) is 13.5. The van der Waals surface area contributed by atoms with Gasteiger partial charge in [0.25, 0.3) is 0 Å². The summed E-state index contributed by atoms with van der Waals surface area (Å²) in [7, 11) is -3.38. The fourth-order valence-electron chi connectivity index (χ4n) is 5.83. The maximum atomic E-state index is 13.8. The Labute approximate surface area is 231 Å². The molecule has 0 bridgehead atoms. The second kappa shape index (κ2) is 11.5. The van der Waals surface area contributed by atoms with E-state index in [0.29, 0.717) is 32.8 Å². The van der Waals surface area contributed by atoms with E-state index in [1.54, 1.807) is 0 Å². The van der Waals surface area contributed by atoms with Gasteiger partial charge >= 0.3 is 0 Å². The van der Waals surface area contributed by atoms with Gasteiger partial charge in [-0.05, 0) is 42.5 Å². The van der Waals surface area contributed by atoms with Crippen molar-refractivity contribution < 1.29 is 17.9 Å². The number of rotatable bonds is 9. The van der Waals surface area contributed by atoms with E-state index in [9.17, 15) is 13.2 Å². The lowest BCUT2D eigenvalue weighted by atomic mass is 9.74. The lowest BCUT2D eigenvalue weighted by Crippen LogP contribution is -2.54. The van der Waals surface area contributed by atoms with Crippen molar-refractivity contribution in [3.8, 4) is 0 Å². The Bertz CT molecular complexity index is 1400. The van der Waals surface area contributed by atoms with Gasteiger partial charge in [-0.2, -0.15) is 0 Å². The molecule has 3 aromatic rings. The van der Waals surface area contributed by atoms with E-state index in [4.69, 9.17) is 4.74 Å². The van der Waals surface area contributed by atoms with Crippen LogP contribution in [0, 0.1) is 6.92 Å². The highest BCUT2D eigenvalue weighted by Crippen LogP contribution is 2.47. The molecule has 2 aliphatic heterocycles. The third-order valence-corrected chi connectivity index (χ3v) is 9.08. The monoisotopic (exact) mass is 547 g/mol. The number of hydrogen-bond acceptors (Lipinski definition) is 5. The van der Waals surface area contributed by atoms with Crippen molar-refractivity contribution in [1.29, 1.82) is 0 Å². The average Bonchev–Trinajstić information content (AvgIpc) is 3.26. The van der Waals surface area contributed by atoms with Gasteiger partial charge in [0.2, 0.25) is 15.9 Å². The molecule has 0 radical (unpaired) electrons. The number of ether oxygens (including phenoxy) is 1. The van der Waals surface area contributed by atoms with Crippen LogP contribution in [0.4, 0.5) is 5.69 Å². The van der Waals surface area contributed by atoms with Crippen LogP contribution in [0.5, 0.6) is 0 Å². The van der Waals surface area contributed by atoms with Gasteiger partial charge in [0.15, 0.2) is 0 Å². The van der Waals surface area contributed by atoms with Crippen LogP contribution >= 0.6 is 0 Å². The van der Waals surface area contributed by atoms with Crippen LogP contribution < -0.4 is 9.62 Å². The van der Waals surface area contributed by atoms with E-state index in [1.807, 2.05) is 65.6 Å². The molecule has 0 saturated carbocycles. The highest BCUT2D eigenvalue weighted by Gasteiger charge is 2.47. The predicted molar refractivity (Wildman–Crippen MR) is 154 cm³/mol. The van der Waals surface area contributed by atoms with E-state index >= 15 is 0 Å². The fraction of sp³-hybridized carbons (Fsp3) is 0.387. The molecule has 39 heavy (non-hydrogen) atoms. The summed E-state index contributed by atoms with van der Waals surface area (Å²) in [4.78, 5) is 15.7. The molecule has 0 aromatic heterocycles. The minimum absolute atomic E-state index is 0.0248. The maximum absolute atomic E-state index is 13.8. The SMILES string of the molecule is Cc1cccc(CNC(COCc2ccccc2)C(=O)N2CCC3(CC2)CN(S(C)(=O)=O)c2ccccc23)c1. The number of hydrogen-bond donors (Lipinski definition) is 1. The summed E-state index contributed by atoms with van der Waals surface area (Å²) in [5, 5.41) is 3.45. The third-order valence-electron chi connectivity index (χ3n) is 7.95. The van der Waals surface area contributed by atoms with E-state index in [2.05, 4.69) is 30.4 Å². The van der Waals surface area contributed by atoms with Crippen molar-refractivity contribution in [2.45, 2.75) is 44.4 Å². The normalized spacial score (nSPS) is 17.3. The highest BCUT2D eigenvalue weighted by atomic mass is 32.2. The van der Waals surface area contributed by atoms with Crippen LogP contribution in [0.1, 0.15) is 35.1 Å². The van der Waals surface area contributed by atoms with Crippen LogP contribution in [0.15, 0.2) is 78.9 Å². The number of piperidine rings is 1. The number of amides is 1. The summed E-state index contributed by atoms with van der Waals surface area (Å²) in [5.74, 6) is 0.0248. The Kier molecular flexibility index (Phi) is 8.07. The number of nitrogens with one attached hydrogen (secondary N) is 1. The zero-order chi connectivity index (χ0) is 27.5. The summed E-state index contributed by atoms with van der Waals surface area (Å²) in [6.45, 7) is 4.93. The number of carbonyl (C=O) groups is 1. The van der Waals surface area contributed by atoms with Gasteiger partial charge in [-0.25, -0.2) is 8.42 Å². The Morgan fingerprint density at radius 2 is 1.67 bits per heavy atom. The van der Waals surface area contributed by atoms with Gasteiger partial charge in [-0.1, -0.05) is 78.4 Å². The van der Waals surface area contributed by atoms with Crippen molar-refractivity contribution in [2.75, 3.05) is 36.8 Å². The topological polar surface area (TPSA) is 79.0 Å². The number of benzene rings is 3. The second-order valence-corrected chi connectivity index (χ2v) is 12.7. The second-order valence-electron chi connectivity index (χ2n) is 10.8. The molecule has 1 atom stereocenters. The first-order chi connectivity index (χ1) is 18.7. The van der Waals surface area contributed by atoms with Crippen molar-refractivity contribution in [1.82, 2.24) is 10.2 Å². The van der Waals surface area contributed by atoms with Crippen molar-refractivity contribution in [3.05, 3.63) is 101 Å². The molecule has 3 aromatic carbocycles. The summed E-state index contributed by atoms with van der Waals surface area (Å²) < 4.78 is 32.6. The minimum atomic E-state index is -3.38. The molecule has 7 nitrogen and oxygen atoms in total. The first-order valence-corrected chi connectivity index (χ1v) is 15.4. The minimum Gasteiger partial charge on any atom is -0.375 e. The van der Waals surface area contributed by atoms with E-state index in [0.717, 1.165) is 35.2 Å². The first kappa shape index (κ1) is 27.4. The standard InChI is InChI=1S/C31H37N3O4S/c1-24-9-8-12-26(19-24)20-32-28(22-38-21-25-10-4-3-5-11-25)30(35)33-17-15-31(16-18-33)23-34(39(2,36)37)29-14-7-6-13-27(29)31/h3-14,19,28,32H,15-18,20-23H2,1-2H3. The predicted octanol–water partition coefficient (Wildman–Crippen LogP) is 4.01. The molecule has 1 amide bonds. The largest absolute Gasteiger partial charge is 0.375 e. The third kappa shape index (κ3) is 6.19. The van der Waals surface area contributed by atoms with Crippen LogP contribution in [-0.2, 0) is 38.1 Å². The quantitative estimate of drug-likeness (QED) is 0.438. The number of nitrogens with zero attached hydrogens (tertiary/aromatic N) is 2. The number of fused-ring (bicyclic) bond motifs is 2. The molecular weight excluding hydrogens is 510 g/mol. The molecule has 206 valence electrons. The number of likely N-dealkylation sites (tertiary alicyclic amines) is 1. The van der Waals surface area contributed by atoms with Crippen LogP contribution in [0.25, 0.3) is 0 Å². The molecule has 8 heteroatoms. The van der Waals surface area contributed by atoms with E-state index < -0.39 is 16.1 Å². The highest BCUT2D eigenvalue weighted by molar-refractivity contribution is 7.92. The summed E-state index contributed by atoms with van der Waals surface area (Å²) >= 11 is 0. The van der Waals surface area contributed by atoms with Crippen LogP contribution in [-0.4, -0.2) is 57.8 Å². The molecule has 0 aliphatic carbocycles. The number of anilines is 1. The number of aryl methyl sites for hydroxylation is 1. The molecule has 2 aliphatic rings. The van der Waals surface area contributed by atoms with Gasteiger partial charge < -0.3 is 9.64 Å². The van der Waals surface area contributed by atoms with Gasteiger partial charge in [0.05, 0.1) is 25.2 Å². The van der Waals surface area contributed by atoms with Gasteiger partial charge in [-0.3, -0.25) is 14.4 Å². The Morgan fingerprint density at radius 3 is 2.38 bits per heavy atom. The van der Waals surface area contributed by atoms with Crippen LogP contribution in [0.3, 0.4) is 0 Å². The van der Waals surface area contributed by atoms with E-state index in [-0.39, 0.29) is 17.9 Å². The molecule has 1 fully saturated rings. The number of para-hydroxylation sites is 1. The molecule has 1 N–H and O–H groups in total. The van der Waals surface area contributed by atoms with Crippen molar-refractivity contribution in [3.63, 3.8) is 0 Å². The Morgan fingerprint density at radius 1 is 0.974 bits per heavy atom. The fourth-order valence-corrected chi connectivity index (χ4v) is 6.83. The molecule has 1 unspecified atom stereocenters. The molecule has 2 heterocycles. The van der Waals surface area contributed by atoms with Crippen LogP contribution in [0.2, 0.25) is 0 Å². The molecular formula is C31H37N3O4S. The summed E-state index contributed by atoms with van der Waals surface area (Å²) in [5.41, 5.74) is 4.94. The number of carbonyl (C=O) groups excluding carboxylic acids is 1. The smallest absolute Gasteiger partial charge is 0.242 e. The molecule has 1 spiro atoms. The van der Waals surface area contributed by atoms with Crippen molar-refractivity contribution in [2.24, 2.45) is 0 Å². The van der Waals surface area contributed by atoms with E-state index in [1.165, 1.54) is 16.1 Å². The van der Waals surface area contributed by atoms with Gasteiger partial charge in [0, 0.05) is 31.6 Å². The number of sulfonamides is 1. The lowest BCUT2D eigenvalue weighted by Gasteiger charge is -2.41. The summed E-state index contributed by atoms with van der Waals surface area (Å²) in [6.07, 6.45) is 2.70.